The van der Waals surface area contributed by atoms with Crippen molar-refractivity contribution in [1.29, 1.82) is 0 Å². The zero-order valence-electron chi connectivity index (χ0n) is 16.3. The summed E-state index contributed by atoms with van der Waals surface area (Å²) in [5.74, 6) is 1.91. The number of carboxylic acid groups (broad SMARTS) is 2. The summed E-state index contributed by atoms with van der Waals surface area (Å²) < 4.78 is 0.727. The van der Waals surface area contributed by atoms with E-state index < -0.39 is 18.4 Å². The second-order valence-corrected chi connectivity index (χ2v) is 10.1. The highest BCUT2D eigenvalue weighted by molar-refractivity contribution is 8.20. The number of carbonyl (C=O) groups is 2. The highest BCUT2D eigenvalue weighted by atomic mass is 32.2. The topological polar surface area (TPSA) is 74.6 Å². The summed E-state index contributed by atoms with van der Waals surface area (Å²) in [6.07, 6.45) is -0.806. The molecule has 3 rings (SSSR count). The van der Waals surface area contributed by atoms with Crippen LogP contribution in [0.15, 0.2) is 29.8 Å². The molecule has 1 aromatic carbocycles. The largest absolute Gasteiger partial charge is 0.481 e. The molecule has 0 spiro atoms. The van der Waals surface area contributed by atoms with Crippen molar-refractivity contribution in [3.05, 3.63) is 41.0 Å². The summed E-state index contributed by atoms with van der Waals surface area (Å²) >= 11 is 4.33. The van der Waals surface area contributed by atoms with Crippen molar-refractivity contribution in [2.24, 2.45) is 11.8 Å². The number of carboxylic acids is 2. The van der Waals surface area contributed by atoms with E-state index in [9.17, 15) is 9.59 Å². The average molecular weight is 409 g/mol. The average Bonchev–Trinajstić information content (AvgIpc) is 3.19. The molecule has 0 aromatic heterocycles. The van der Waals surface area contributed by atoms with Gasteiger partial charge in [0, 0.05) is 17.4 Å². The quantitative estimate of drug-likeness (QED) is 0.652. The number of aliphatic carboxylic acids is 2. The molecular weight excluding hydrogens is 380 g/mol. The first kappa shape index (κ1) is 21.9. The van der Waals surface area contributed by atoms with Crippen LogP contribution in [0.4, 0.5) is 0 Å². The molecular formula is C21H28O4S2. The van der Waals surface area contributed by atoms with Crippen LogP contribution in [0.1, 0.15) is 51.2 Å². The van der Waals surface area contributed by atoms with Crippen LogP contribution in [0, 0.1) is 11.8 Å². The first-order chi connectivity index (χ1) is 12.7. The third-order valence-corrected chi connectivity index (χ3v) is 7.81. The molecule has 1 unspecified atom stereocenters. The molecule has 4 nitrogen and oxygen atoms in total. The van der Waals surface area contributed by atoms with E-state index in [1.807, 2.05) is 0 Å². The van der Waals surface area contributed by atoms with Crippen molar-refractivity contribution in [2.45, 2.75) is 44.6 Å². The van der Waals surface area contributed by atoms with Crippen LogP contribution >= 0.6 is 23.5 Å². The zero-order valence-corrected chi connectivity index (χ0v) is 17.9. The molecule has 0 radical (unpaired) electrons. The Balaban J connectivity index is 0.000000321. The van der Waals surface area contributed by atoms with Gasteiger partial charge in [-0.2, -0.15) is 0 Å². The fourth-order valence-electron chi connectivity index (χ4n) is 3.81. The number of rotatable bonds is 5. The van der Waals surface area contributed by atoms with Gasteiger partial charge in [0.1, 0.15) is 6.42 Å². The van der Waals surface area contributed by atoms with Gasteiger partial charge in [0.05, 0.1) is 4.58 Å². The van der Waals surface area contributed by atoms with Gasteiger partial charge in [0.15, 0.2) is 0 Å². The third kappa shape index (κ3) is 5.32. The molecule has 1 saturated heterocycles. The van der Waals surface area contributed by atoms with Gasteiger partial charge >= 0.3 is 11.9 Å². The van der Waals surface area contributed by atoms with Crippen LogP contribution in [-0.4, -0.2) is 38.2 Å². The molecule has 1 aliphatic carbocycles. The minimum atomic E-state index is -1.31. The summed E-state index contributed by atoms with van der Waals surface area (Å²) in [7, 11) is 0. The fraction of sp³-hybridized carbons (Fsp3) is 0.524. The first-order valence-corrected chi connectivity index (χ1v) is 11.3. The Kier molecular flexibility index (Phi) is 7.86. The number of allylic oxidation sites excluding steroid dienone is 2. The maximum Gasteiger partial charge on any atom is 0.314 e. The lowest BCUT2D eigenvalue weighted by atomic mass is 9.87. The van der Waals surface area contributed by atoms with E-state index in [0.717, 1.165) is 4.58 Å². The Morgan fingerprint density at radius 1 is 1.00 bits per heavy atom. The minimum absolute atomic E-state index is 0.620. The van der Waals surface area contributed by atoms with Crippen molar-refractivity contribution in [2.75, 3.05) is 11.5 Å². The molecule has 6 heteroatoms. The first-order valence-electron chi connectivity index (χ1n) is 9.24. The van der Waals surface area contributed by atoms with Gasteiger partial charge in [0.2, 0.25) is 0 Å². The van der Waals surface area contributed by atoms with Gasteiger partial charge in [-0.3, -0.25) is 9.59 Å². The van der Waals surface area contributed by atoms with Gasteiger partial charge in [-0.25, -0.2) is 0 Å². The SMILES string of the molecule is CC(C)C1=C(C(C)C)C(C2SCCS2)c2ccccc21.O=C(O)CC(=O)O. The maximum atomic E-state index is 9.43. The van der Waals surface area contributed by atoms with E-state index in [1.54, 1.807) is 16.7 Å². The van der Waals surface area contributed by atoms with Gasteiger partial charge in [-0.05, 0) is 28.5 Å². The standard InChI is InChI=1S/C18H24S2.C3H4O4/c1-11(2)15-13-7-5-6-8-14(13)17(16(15)12(3)4)18-19-9-10-20-18;4-2(5)1-3(6)7/h5-8,11-12,17-18H,9-10H2,1-4H3;1H2,(H,4,5)(H,6,7). The monoisotopic (exact) mass is 408 g/mol. The van der Waals surface area contributed by atoms with Gasteiger partial charge in [-0.1, -0.05) is 57.5 Å². The second-order valence-electron chi connectivity index (χ2n) is 7.32. The Bertz CT molecular complexity index is 707. The predicted octanol–water partition coefficient (Wildman–Crippen LogP) is 5.20. The molecule has 1 aliphatic heterocycles. The summed E-state index contributed by atoms with van der Waals surface area (Å²) in [5, 5.41) is 15.4. The van der Waals surface area contributed by atoms with E-state index in [-0.39, 0.29) is 0 Å². The highest BCUT2D eigenvalue weighted by Gasteiger charge is 2.39. The molecule has 2 aliphatic rings. The lowest BCUT2D eigenvalue weighted by Crippen LogP contribution is -2.14. The normalized spacial score (nSPS) is 19.3. The summed E-state index contributed by atoms with van der Waals surface area (Å²) in [5.41, 5.74) is 6.47. The number of hydrogen-bond acceptors (Lipinski definition) is 4. The van der Waals surface area contributed by atoms with Crippen LogP contribution < -0.4 is 0 Å². The summed E-state index contributed by atoms with van der Waals surface area (Å²) in [4.78, 5) is 18.9. The molecule has 148 valence electrons. The lowest BCUT2D eigenvalue weighted by Gasteiger charge is -2.25. The van der Waals surface area contributed by atoms with Crippen molar-refractivity contribution in [1.82, 2.24) is 0 Å². The Morgan fingerprint density at radius 2 is 1.56 bits per heavy atom. The molecule has 2 N–H and O–H groups in total. The lowest BCUT2D eigenvalue weighted by molar-refractivity contribution is -0.147. The highest BCUT2D eigenvalue weighted by Crippen LogP contribution is 2.55. The van der Waals surface area contributed by atoms with Crippen molar-refractivity contribution in [3.63, 3.8) is 0 Å². The number of fused-ring (bicyclic) bond motifs is 1. The number of benzene rings is 1. The predicted molar refractivity (Wildman–Crippen MR) is 114 cm³/mol. The molecule has 0 bridgehead atoms. The van der Waals surface area contributed by atoms with E-state index in [1.165, 1.54) is 17.1 Å². The van der Waals surface area contributed by atoms with Gasteiger partial charge in [0.25, 0.3) is 0 Å². The minimum Gasteiger partial charge on any atom is -0.481 e. The van der Waals surface area contributed by atoms with Gasteiger partial charge in [-0.15, -0.1) is 23.5 Å². The van der Waals surface area contributed by atoms with E-state index >= 15 is 0 Å². The van der Waals surface area contributed by atoms with E-state index in [4.69, 9.17) is 10.2 Å². The Labute approximate surface area is 169 Å². The van der Waals surface area contributed by atoms with E-state index in [0.29, 0.717) is 17.8 Å². The summed E-state index contributed by atoms with van der Waals surface area (Å²) in [6, 6.07) is 9.14. The van der Waals surface area contributed by atoms with Crippen molar-refractivity contribution < 1.29 is 19.8 Å². The molecule has 27 heavy (non-hydrogen) atoms. The smallest absolute Gasteiger partial charge is 0.314 e. The maximum absolute atomic E-state index is 9.43. The number of hydrogen-bond donors (Lipinski definition) is 2. The zero-order chi connectivity index (χ0) is 20.1. The van der Waals surface area contributed by atoms with Crippen LogP contribution in [0.5, 0.6) is 0 Å². The van der Waals surface area contributed by atoms with Gasteiger partial charge < -0.3 is 10.2 Å². The molecule has 1 fully saturated rings. The van der Waals surface area contributed by atoms with Crippen LogP contribution in [-0.2, 0) is 9.59 Å². The number of thioether (sulfide) groups is 2. The third-order valence-electron chi connectivity index (χ3n) is 4.65. The Hall–Kier alpha value is -1.40. The molecule has 0 saturated carbocycles. The molecule has 1 atom stereocenters. The Morgan fingerprint density at radius 3 is 2.00 bits per heavy atom. The molecule has 1 aromatic rings. The van der Waals surface area contributed by atoms with Crippen molar-refractivity contribution >= 4 is 41.0 Å². The second kappa shape index (κ2) is 9.69. The van der Waals surface area contributed by atoms with E-state index in [2.05, 4.69) is 75.5 Å². The van der Waals surface area contributed by atoms with Crippen LogP contribution in [0.25, 0.3) is 5.57 Å². The van der Waals surface area contributed by atoms with Crippen LogP contribution in [0.2, 0.25) is 0 Å². The van der Waals surface area contributed by atoms with Crippen LogP contribution in [0.3, 0.4) is 0 Å². The molecule has 1 heterocycles. The fourth-order valence-corrected chi connectivity index (χ4v) is 6.98. The summed E-state index contributed by atoms with van der Waals surface area (Å²) in [6.45, 7) is 9.46. The molecule has 0 amide bonds. The van der Waals surface area contributed by atoms with Crippen molar-refractivity contribution in [3.8, 4) is 0 Å².